The number of nitrogens with zero attached hydrogens (tertiary/aromatic N) is 2. The molecule has 3 aromatic carbocycles. The number of aromatic nitrogens is 2. The number of benzene rings is 3. The number of urea groups is 1. The van der Waals surface area contributed by atoms with Crippen LogP contribution in [-0.2, 0) is 5.75 Å². The van der Waals surface area contributed by atoms with Crippen molar-refractivity contribution >= 4 is 39.9 Å². The first-order valence-corrected chi connectivity index (χ1v) is 10.8. The van der Waals surface area contributed by atoms with Crippen LogP contribution in [0.2, 0.25) is 0 Å². The molecule has 0 aliphatic carbocycles. The Morgan fingerprint density at radius 2 is 1.52 bits per heavy atom. The fraction of sp³-hybridized carbons (Fsp3) is 0.0455. The Balaban J connectivity index is 1.44. The highest BCUT2D eigenvalue weighted by Gasteiger charge is 2.13. The van der Waals surface area contributed by atoms with Gasteiger partial charge in [-0.05, 0) is 23.8 Å². The zero-order chi connectivity index (χ0) is 19.9. The monoisotopic (exact) mass is 418 g/mol. The highest BCUT2D eigenvalue weighted by Crippen LogP contribution is 2.35. The lowest BCUT2D eigenvalue weighted by molar-refractivity contribution is 0.262. The third-order valence-electron chi connectivity index (χ3n) is 4.03. The van der Waals surface area contributed by atoms with Gasteiger partial charge in [-0.2, -0.15) is 0 Å². The predicted octanol–water partition coefficient (Wildman–Crippen LogP) is 6.14. The highest BCUT2D eigenvalue weighted by molar-refractivity contribution is 7.98. The molecule has 0 spiro atoms. The Morgan fingerprint density at radius 1 is 0.828 bits per heavy atom. The summed E-state index contributed by atoms with van der Waals surface area (Å²) in [5.74, 6) is 0.876. The van der Waals surface area contributed by atoms with E-state index in [-0.39, 0.29) is 6.03 Å². The molecule has 0 aliphatic heterocycles. The second kappa shape index (κ2) is 9.36. The van der Waals surface area contributed by atoms with Crippen molar-refractivity contribution in [2.45, 2.75) is 10.6 Å². The summed E-state index contributed by atoms with van der Waals surface area (Å²) in [6, 6.07) is 27.4. The van der Waals surface area contributed by atoms with Gasteiger partial charge < -0.3 is 5.32 Å². The Bertz CT molecular complexity index is 1080. The van der Waals surface area contributed by atoms with E-state index in [2.05, 4.69) is 39.0 Å². The van der Waals surface area contributed by atoms with Gasteiger partial charge >= 0.3 is 6.03 Å². The zero-order valence-electron chi connectivity index (χ0n) is 15.4. The minimum atomic E-state index is -0.342. The molecule has 0 radical (unpaired) electrons. The number of rotatable bonds is 6. The van der Waals surface area contributed by atoms with Crippen molar-refractivity contribution in [2.24, 2.45) is 0 Å². The number of thioether (sulfide) groups is 1. The first-order chi connectivity index (χ1) is 14.3. The Labute approximate surface area is 177 Å². The van der Waals surface area contributed by atoms with Crippen LogP contribution in [0.15, 0.2) is 89.8 Å². The van der Waals surface area contributed by atoms with E-state index in [9.17, 15) is 4.79 Å². The summed E-state index contributed by atoms with van der Waals surface area (Å²) in [4.78, 5) is 13.3. The molecule has 0 atom stereocenters. The van der Waals surface area contributed by atoms with Crippen molar-refractivity contribution in [1.29, 1.82) is 0 Å². The Morgan fingerprint density at radius 3 is 2.31 bits per heavy atom. The second-order valence-electron chi connectivity index (χ2n) is 6.13. The van der Waals surface area contributed by atoms with Gasteiger partial charge in [-0.25, -0.2) is 4.79 Å². The third kappa shape index (κ3) is 5.22. The smallest absolute Gasteiger partial charge is 0.308 e. The SMILES string of the molecule is O=C(Nc1ccccc1)Nc1nnc(-c2ccccc2SCc2ccccc2)s1. The molecule has 0 saturated carbocycles. The molecule has 1 heterocycles. The molecule has 0 saturated heterocycles. The van der Waals surface area contributed by atoms with E-state index >= 15 is 0 Å². The van der Waals surface area contributed by atoms with E-state index in [4.69, 9.17) is 0 Å². The maximum absolute atomic E-state index is 12.2. The summed E-state index contributed by atoms with van der Waals surface area (Å²) in [6.45, 7) is 0. The molecule has 2 N–H and O–H groups in total. The van der Waals surface area contributed by atoms with Crippen LogP contribution >= 0.6 is 23.1 Å². The van der Waals surface area contributed by atoms with Crippen molar-refractivity contribution in [3.63, 3.8) is 0 Å². The van der Waals surface area contributed by atoms with Gasteiger partial charge in [-0.3, -0.25) is 5.32 Å². The molecule has 4 aromatic rings. The average molecular weight is 419 g/mol. The van der Waals surface area contributed by atoms with Crippen LogP contribution in [0.1, 0.15) is 5.56 Å². The van der Waals surface area contributed by atoms with Crippen molar-refractivity contribution in [1.82, 2.24) is 10.2 Å². The van der Waals surface area contributed by atoms with Gasteiger partial charge in [0.05, 0.1) is 0 Å². The van der Waals surface area contributed by atoms with Crippen LogP contribution in [0.25, 0.3) is 10.6 Å². The quantitative estimate of drug-likeness (QED) is 0.369. The number of anilines is 2. The summed E-state index contributed by atoms with van der Waals surface area (Å²) in [6.07, 6.45) is 0. The molecule has 29 heavy (non-hydrogen) atoms. The van der Waals surface area contributed by atoms with Crippen molar-refractivity contribution in [3.05, 3.63) is 90.5 Å². The molecule has 4 rings (SSSR count). The molecule has 0 bridgehead atoms. The topological polar surface area (TPSA) is 66.9 Å². The average Bonchev–Trinajstić information content (AvgIpc) is 3.22. The lowest BCUT2D eigenvalue weighted by Crippen LogP contribution is -2.19. The molecule has 2 amide bonds. The van der Waals surface area contributed by atoms with Crippen molar-refractivity contribution in [2.75, 3.05) is 10.6 Å². The molecule has 0 unspecified atom stereocenters. The molecule has 1 aromatic heterocycles. The van der Waals surface area contributed by atoms with Crippen LogP contribution in [0.3, 0.4) is 0 Å². The fourth-order valence-corrected chi connectivity index (χ4v) is 4.52. The second-order valence-corrected chi connectivity index (χ2v) is 8.12. The molecule has 0 aliphatic rings. The van der Waals surface area contributed by atoms with Gasteiger partial charge in [-0.15, -0.1) is 22.0 Å². The molecule has 0 fully saturated rings. The van der Waals surface area contributed by atoms with Gasteiger partial charge in [-0.1, -0.05) is 78.1 Å². The fourth-order valence-electron chi connectivity index (χ4n) is 2.67. The third-order valence-corrected chi connectivity index (χ3v) is 6.05. The lowest BCUT2D eigenvalue weighted by atomic mass is 10.2. The summed E-state index contributed by atoms with van der Waals surface area (Å²) < 4.78 is 0. The Kier molecular flexibility index (Phi) is 6.19. The normalized spacial score (nSPS) is 10.5. The number of amides is 2. The minimum Gasteiger partial charge on any atom is -0.308 e. The van der Waals surface area contributed by atoms with Crippen LogP contribution < -0.4 is 10.6 Å². The number of carbonyl (C=O) groups excluding carboxylic acids is 1. The summed E-state index contributed by atoms with van der Waals surface area (Å²) in [5.41, 5.74) is 3.00. The van der Waals surface area contributed by atoms with Crippen LogP contribution in [0, 0.1) is 0 Å². The molecule has 5 nitrogen and oxygen atoms in total. The Hall–Kier alpha value is -3.16. The van der Waals surface area contributed by atoms with E-state index in [1.54, 1.807) is 11.8 Å². The number of carbonyl (C=O) groups is 1. The summed E-state index contributed by atoms with van der Waals surface area (Å²) >= 11 is 3.11. The van der Waals surface area contributed by atoms with Crippen LogP contribution in [0.4, 0.5) is 15.6 Å². The van der Waals surface area contributed by atoms with Crippen molar-refractivity contribution in [3.8, 4) is 10.6 Å². The standard InChI is InChI=1S/C22H18N4OS2/c27-21(23-17-11-5-2-6-12-17)24-22-26-25-20(29-22)18-13-7-8-14-19(18)28-15-16-9-3-1-4-10-16/h1-14H,15H2,(H2,23,24,26,27). The number of nitrogens with one attached hydrogen (secondary N) is 2. The first-order valence-electron chi connectivity index (χ1n) is 9.00. The van der Waals surface area contributed by atoms with Gasteiger partial charge in [0.15, 0.2) is 5.01 Å². The van der Waals surface area contributed by atoms with Gasteiger partial charge in [0.2, 0.25) is 5.13 Å². The summed E-state index contributed by atoms with van der Waals surface area (Å²) in [7, 11) is 0. The highest BCUT2D eigenvalue weighted by atomic mass is 32.2. The van der Waals surface area contributed by atoms with E-state index in [1.165, 1.54) is 16.9 Å². The van der Waals surface area contributed by atoms with Crippen LogP contribution in [-0.4, -0.2) is 16.2 Å². The van der Waals surface area contributed by atoms with Crippen molar-refractivity contribution < 1.29 is 4.79 Å². The minimum absolute atomic E-state index is 0.342. The van der Waals surface area contributed by atoms with Gasteiger partial charge in [0.1, 0.15) is 0 Å². The van der Waals surface area contributed by atoms with Crippen LogP contribution in [0.5, 0.6) is 0 Å². The van der Waals surface area contributed by atoms with E-state index < -0.39 is 0 Å². The number of para-hydroxylation sites is 1. The molecular weight excluding hydrogens is 400 g/mol. The zero-order valence-corrected chi connectivity index (χ0v) is 17.0. The maximum Gasteiger partial charge on any atom is 0.325 e. The first kappa shape index (κ1) is 19.2. The van der Waals surface area contributed by atoms with E-state index in [1.807, 2.05) is 66.7 Å². The van der Waals surface area contributed by atoms with Gasteiger partial charge in [0, 0.05) is 21.9 Å². The molecule has 7 heteroatoms. The largest absolute Gasteiger partial charge is 0.325 e. The lowest BCUT2D eigenvalue weighted by Gasteiger charge is -2.06. The predicted molar refractivity (Wildman–Crippen MR) is 120 cm³/mol. The van der Waals surface area contributed by atoms with E-state index in [0.29, 0.717) is 5.13 Å². The van der Waals surface area contributed by atoms with Gasteiger partial charge in [0.25, 0.3) is 0 Å². The molecular formula is C22H18N4OS2. The summed E-state index contributed by atoms with van der Waals surface area (Å²) in [5, 5.41) is 15.1. The maximum atomic E-state index is 12.2. The van der Waals surface area contributed by atoms with E-state index in [0.717, 1.165) is 26.9 Å². The molecule has 144 valence electrons. The number of hydrogen-bond donors (Lipinski definition) is 2. The number of hydrogen-bond acceptors (Lipinski definition) is 5.